The second-order valence-corrected chi connectivity index (χ2v) is 5.72. The lowest BCUT2D eigenvalue weighted by Crippen LogP contribution is -2.04. The van der Waals surface area contributed by atoms with Crippen LogP contribution in [0.4, 0.5) is 0 Å². The van der Waals surface area contributed by atoms with Crippen LogP contribution in [0, 0.1) is 13.8 Å². The molecule has 1 N–H and O–H groups in total. The average Bonchev–Trinajstić information content (AvgIpc) is 2.47. The Balaban J connectivity index is 1.94. The van der Waals surface area contributed by atoms with Crippen molar-refractivity contribution in [3.8, 4) is 0 Å². The molecule has 0 aliphatic heterocycles. The van der Waals surface area contributed by atoms with E-state index in [9.17, 15) is 5.11 Å². The van der Waals surface area contributed by atoms with Crippen molar-refractivity contribution >= 4 is 10.8 Å². The molecule has 0 aliphatic carbocycles. The van der Waals surface area contributed by atoms with Gasteiger partial charge in [0.1, 0.15) is 0 Å². The Hall–Kier alpha value is -2.12. The zero-order chi connectivity index (χ0) is 14.8. The number of aliphatic hydroxyl groups excluding tert-OH is 1. The number of benzene rings is 3. The largest absolute Gasteiger partial charge is 0.388 e. The van der Waals surface area contributed by atoms with Gasteiger partial charge in [0.2, 0.25) is 0 Å². The second kappa shape index (κ2) is 5.71. The molecule has 1 atom stereocenters. The van der Waals surface area contributed by atoms with Crippen molar-refractivity contribution in [3.05, 3.63) is 82.9 Å². The number of aliphatic hydroxyl groups is 1. The first-order valence-corrected chi connectivity index (χ1v) is 7.37. The zero-order valence-corrected chi connectivity index (χ0v) is 12.5. The van der Waals surface area contributed by atoms with Gasteiger partial charge >= 0.3 is 0 Å². The average molecular weight is 276 g/mol. The van der Waals surface area contributed by atoms with E-state index in [2.05, 4.69) is 62.4 Å². The number of aryl methyl sites for hydroxylation is 2. The van der Waals surface area contributed by atoms with Crippen molar-refractivity contribution < 1.29 is 5.11 Å². The summed E-state index contributed by atoms with van der Waals surface area (Å²) >= 11 is 0. The molecule has 0 radical (unpaired) electrons. The number of hydrogen-bond donors (Lipinski definition) is 1. The van der Waals surface area contributed by atoms with Crippen LogP contribution >= 0.6 is 0 Å². The highest BCUT2D eigenvalue weighted by atomic mass is 16.3. The lowest BCUT2D eigenvalue weighted by molar-refractivity contribution is 0.178. The van der Waals surface area contributed by atoms with Crippen LogP contribution in [-0.4, -0.2) is 5.11 Å². The van der Waals surface area contributed by atoms with Crippen LogP contribution < -0.4 is 0 Å². The van der Waals surface area contributed by atoms with Crippen molar-refractivity contribution in [1.29, 1.82) is 0 Å². The van der Waals surface area contributed by atoms with Gasteiger partial charge in [-0.1, -0.05) is 66.2 Å². The van der Waals surface area contributed by atoms with Gasteiger partial charge in [-0.3, -0.25) is 0 Å². The summed E-state index contributed by atoms with van der Waals surface area (Å²) in [4.78, 5) is 0. The molecule has 3 aromatic carbocycles. The molecule has 0 aromatic heterocycles. The fraction of sp³-hybridized carbons (Fsp3) is 0.200. The normalized spacial score (nSPS) is 12.5. The van der Waals surface area contributed by atoms with Crippen LogP contribution in [0.1, 0.15) is 28.4 Å². The van der Waals surface area contributed by atoms with Crippen LogP contribution in [0.5, 0.6) is 0 Å². The molecule has 1 unspecified atom stereocenters. The maximum Gasteiger partial charge on any atom is 0.0833 e. The van der Waals surface area contributed by atoms with Crippen molar-refractivity contribution in [3.63, 3.8) is 0 Å². The van der Waals surface area contributed by atoms with Crippen molar-refractivity contribution in [2.75, 3.05) is 0 Å². The minimum atomic E-state index is -0.462. The summed E-state index contributed by atoms with van der Waals surface area (Å²) < 4.78 is 0. The lowest BCUT2D eigenvalue weighted by Gasteiger charge is -2.16. The molecule has 0 saturated carbocycles. The van der Waals surface area contributed by atoms with E-state index in [1.54, 1.807) is 0 Å². The van der Waals surface area contributed by atoms with Gasteiger partial charge in [0, 0.05) is 6.42 Å². The Morgan fingerprint density at radius 1 is 0.905 bits per heavy atom. The van der Waals surface area contributed by atoms with Crippen LogP contribution in [0.3, 0.4) is 0 Å². The highest BCUT2D eigenvalue weighted by Gasteiger charge is 2.12. The number of fused-ring (bicyclic) bond motifs is 1. The van der Waals surface area contributed by atoms with Gasteiger partial charge in [-0.05, 0) is 41.3 Å². The predicted molar refractivity (Wildman–Crippen MR) is 88.5 cm³/mol. The zero-order valence-electron chi connectivity index (χ0n) is 12.5. The SMILES string of the molecule is Cc1ccc(C(O)Cc2cccc3ccccc23)c(C)c1. The maximum absolute atomic E-state index is 10.6. The summed E-state index contributed by atoms with van der Waals surface area (Å²) in [6.45, 7) is 4.14. The van der Waals surface area contributed by atoms with Gasteiger partial charge in [0.25, 0.3) is 0 Å². The lowest BCUT2D eigenvalue weighted by atomic mass is 9.94. The van der Waals surface area contributed by atoms with Gasteiger partial charge in [-0.25, -0.2) is 0 Å². The minimum Gasteiger partial charge on any atom is -0.388 e. The van der Waals surface area contributed by atoms with E-state index >= 15 is 0 Å². The minimum absolute atomic E-state index is 0.462. The predicted octanol–water partition coefficient (Wildman–Crippen LogP) is 4.73. The molecule has 106 valence electrons. The molecule has 3 aromatic rings. The summed E-state index contributed by atoms with van der Waals surface area (Å²) in [6.07, 6.45) is 0.182. The van der Waals surface area contributed by atoms with Gasteiger partial charge in [0.15, 0.2) is 0 Å². The summed E-state index contributed by atoms with van der Waals surface area (Å²) in [5.74, 6) is 0. The Kier molecular flexibility index (Phi) is 3.76. The van der Waals surface area contributed by atoms with E-state index in [0.717, 1.165) is 11.1 Å². The Morgan fingerprint density at radius 2 is 1.67 bits per heavy atom. The van der Waals surface area contributed by atoms with Gasteiger partial charge < -0.3 is 5.11 Å². The van der Waals surface area contributed by atoms with Crippen molar-refractivity contribution in [1.82, 2.24) is 0 Å². The first-order chi connectivity index (χ1) is 10.1. The Morgan fingerprint density at radius 3 is 2.48 bits per heavy atom. The summed E-state index contributed by atoms with van der Waals surface area (Å²) in [5, 5.41) is 13.1. The van der Waals surface area contributed by atoms with E-state index in [1.165, 1.54) is 21.9 Å². The molecule has 1 heteroatoms. The van der Waals surface area contributed by atoms with Crippen LogP contribution in [0.2, 0.25) is 0 Å². The molecule has 0 bridgehead atoms. The van der Waals surface area contributed by atoms with E-state index < -0.39 is 6.10 Å². The highest BCUT2D eigenvalue weighted by molar-refractivity contribution is 5.85. The number of rotatable bonds is 3. The van der Waals surface area contributed by atoms with Crippen molar-refractivity contribution in [2.24, 2.45) is 0 Å². The molecular weight excluding hydrogens is 256 g/mol. The first kappa shape index (κ1) is 13.8. The van der Waals surface area contributed by atoms with Gasteiger partial charge in [-0.15, -0.1) is 0 Å². The van der Waals surface area contributed by atoms with Gasteiger partial charge in [0.05, 0.1) is 6.10 Å². The van der Waals surface area contributed by atoms with E-state index in [0.29, 0.717) is 6.42 Å². The molecule has 0 spiro atoms. The van der Waals surface area contributed by atoms with Crippen LogP contribution in [-0.2, 0) is 6.42 Å². The van der Waals surface area contributed by atoms with Crippen LogP contribution in [0.25, 0.3) is 10.8 Å². The van der Waals surface area contributed by atoms with Crippen molar-refractivity contribution in [2.45, 2.75) is 26.4 Å². The number of hydrogen-bond acceptors (Lipinski definition) is 1. The third kappa shape index (κ3) is 2.84. The monoisotopic (exact) mass is 276 g/mol. The van der Waals surface area contributed by atoms with E-state index in [4.69, 9.17) is 0 Å². The fourth-order valence-corrected chi connectivity index (χ4v) is 2.99. The van der Waals surface area contributed by atoms with E-state index in [-0.39, 0.29) is 0 Å². The first-order valence-electron chi connectivity index (χ1n) is 7.37. The summed E-state index contributed by atoms with van der Waals surface area (Å²) in [7, 11) is 0. The Bertz CT molecular complexity index is 768. The topological polar surface area (TPSA) is 20.2 Å². The highest BCUT2D eigenvalue weighted by Crippen LogP contribution is 2.26. The molecule has 0 aliphatic rings. The molecular formula is C20H20O. The standard InChI is InChI=1S/C20H20O/c1-14-10-11-18(15(2)12-14)20(21)13-17-8-5-7-16-6-3-4-9-19(16)17/h3-12,20-21H,13H2,1-2H3. The molecule has 21 heavy (non-hydrogen) atoms. The molecule has 3 rings (SSSR count). The third-order valence-corrected chi connectivity index (χ3v) is 4.08. The second-order valence-electron chi connectivity index (χ2n) is 5.72. The maximum atomic E-state index is 10.6. The third-order valence-electron chi connectivity index (χ3n) is 4.08. The molecule has 1 nitrogen and oxygen atoms in total. The van der Waals surface area contributed by atoms with E-state index in [1.807, 2.05) is 12.1 Å². The summed E-state index contributed by atoms with van der Waals surface area (Å²) in [5.41, 5.74) is 4.60. The molecule has 0 heterocycles. The molecule has 0 fully saturated rings. The smallest absolute Gasteiger partial charge is 0.0833 e. The van der Waals surface area contributed by atoms with Crippen LogP contribution in [0.15, 0.2) is 60.7 Å². The molecule has 0 saturated heterocycles. The summed E-state index contributed by atoms with van der Waals surface area (Å²) in [6, 6.07) is 20.9. The quantitative estimate of drug-likeness (QED) is 0.733. The Labute approximate surface area is 125 Å². The van der Waals surface area contributed by atoms with Gasteiger partial charge in [-0.2, -0.15) is 0 Å². The fourth-order valence-electron chi connectivity index (χ4n) is 2.99. The molecule has 0 amide bonds.